The van der Waals surface area contributed by atoms with Gasteiger partial charge in [0, 0.05) is 32.1 Å². The van der Waals surface area contributed by atoms with Gasteiger partial charge >= 0.3 is 0 Å². The maximum Gasteiger partial charge on any atom is 0.254 e. The summed E-state index contributed by atoms with van der Waals surface area (Å²) in [6.45, 7) is 2.15. The van der Waals surface area contributed by atoms with Crippen LogP contribution < -0.4 is 5.32 Å². The molecule has 0 radical (unpaired) electrons. The van der Waals surface area contributed by atoms with Crippen LogP contribution in [0.4, 0.5) is 5.82 Å². The van der Waals surface area contributed by atoms with Gasteiger partial charge in [0.15, 0.2) is 0 Å². The molecule has 5 heteroatoms. The smallest absolute Gasteiger partial charge is 0.254 e. The zero-order valence-corrected chi connectivity index (χ0v) is 12.3. The molecule has 1 heterocycles. The highest BCUT2D eigenvalue weighted by molar-refractivity contribution is 7.98. The second-order valence-corrected chi connectivity index (χ2v) is 5.25. The number of thioether (sulfide) groups is 1. The van der Waals surface area contributed by atoms with E-state index in [9.17, 15) is 4.79 Å². The molecular weight excluding hydrogens is 246 g/mol. The van der Waals surface area contributed by atoms with Crippen LogP contribution in [0.15, 0.2) is 18.3 Å². The number of carbonyl (C=O) groups excluding carboxylic acids is 1. The average Bonchev–Trinajstić information content (AvgIpc) is 2.38. The van der Waals surface area contributed by atoms with Crippen molar-refractivity contribution in [3.8, 4) is 0 Å². The third-order valence-electron chi connectivity index (χ3n) is 2.63. The number of rotatable bonds is 6. The Morgan fingerprint density at radius 1 is 1.50 bits per heavy atom. The molecule has 0 aromatic carbocycles. The summed E-state index contributed by atoms with van der Waals surface area (Å²) < 4.78 is 0. The number of amides is 1. The SMILES string of the molecule is CCC(CSC)Nc1ccc(C(=O)N(C)C)cn1. The Morgan fingerprint density at radius 3 is 2.67 bits per heavy atom. The van der Waals surface area contributed by atoms with Crippen molar-refractivity contribution in [2.45, 2.75) is 19.4 Å². The van der Waals surface area contributed by atoms with Gasteiger partial charge in [-0.2, -0.15) is 11.8 Å². The van der Waals surface area contributed by atoms with Crippen LogP contribution >= 0.6 is 11.8 Å². The van der Waals surface area contributed by atoms with Crippen LogP contribution in [-0.2, 0) is 0 Å². The zero-order valence-electron chi connectivity index (χ0n) is 11.4. The van der Waals surface area contributed by atoms with Crippen molar-refractivity contribution in [1.82, 2.24) is 9.88 Å². The van der Waals surface area contributed by atoms with E-state index in [0.29, 0.717) is 11.6 Å². The molecule has 1 atom stereocenters. The molecule has 1 aromatic rings. The van der Waals surface area contributed by atoms with Crippen LogP contribution in [-0.4, -0.2) is 47.9 Å². The zero-order chi connectivity index (χ0) is 13.5. The van der Waals surface area contributed by atoms with E-state index in [2.05, 4.69) is 23.5 Å². The van der Waals surface area contributed by atoms with Crippen LogP contribution in [0, 0.1) is 0 Å². The molecule has 0 aliphatic heterocycles. The topological polar surface area (TPSA) is 45.2 Å². The quantitative estimate of drug-likeness (QED) is 0.859. The van der Waals surface area contributed by atoms with Crippen molar-refractivity contribution in [3.63, 3.8) is 0 Å². The van der Waals surface area contributed by atoms with Gasteiger partial charge < -0.3 is 10.2 Å². The van der Waals surface area contributed by atoms with Gasteiger partial charge in [-0.05, 0) is 24.8 Å². The largest absolute Gasteiger partial charge is 0.367 e. The van der Waals surface area contributed by atoms with Gasteiger partial charge in [0.25, 0.3) is 5.91 Å². The molecule has 0 saturated heterocycles. The molecule has 0 spiro atoms. The normalized spacial score (nSPS) is 12.0. The number of carbonyl (C=O) groups is 1. The van der Waals surface area contributed by atoms with Gasteiger partial charge in [0.1, 0.15) is 5.82 Å². The first-order valence-electron chi connectivity index (χ1n) is 6.01. The highest BCUT2D eigenvalue weighted by atomic mass is 32.2. The van der Waals surface area contributed by atoms with Crippen LogP contribution in [0.25, 0.3) is 0 Å². The van der Waals surface area contributed by atoms with Crippen LogP contribution in [0.1, 0.15) is 23.7 Å². The first-order chi connectivity index (χ1) is 8.58. The van der Waals surface area contributed by atoms with E-state index in [1.807, 2.05) is 23.9 Å². The van der Waals surface area contributed by atoms with Gasteiger partial charge in [-0.3, -0.25) is 4.79 Å². The minimum absolute atomic E-state index is 0.0230. The summed E-state index contributed by atoms with van der Waals surface area (Å²) in [5.41, 5.74) is 0.614. The predicted molar refractivity (Wildman–Crippen MR) is 78.3 cm³/mol. The Morgan fingerprint density at radius 2 is 2.22 bits per heavy atom. The highest BCUT2D eigenvalue weighted by Gasteiger charge is 2.09. The number of nitrogens with one attached hydrogen (secondary N) is 1. The number of hydrogen-bond donors (Lipinski definition) is 1. The molecule has 18 heavy (non-hydrogen) atoms. The molecule has 0 bridgehead atoms. The average molecular weight is 267 g/mol. The summed E-state index contributed by atoms with van der Waals surface area (Å²) in [4.78, 5) is 17.5. The Balaban J connectivity index is 2.68. The van der Waals surface area contributed by atoms with Gasteiger partial charge in [0.05, 0.1) is 5.56 Å². The summed E-state index contributed by atoms with van der Waals surface area (Å²) in [5, 5.41) is 3.37. The second-order valence-electron chi connectivity index (χ2n) is 4.34. The van der Waals surface area contributed by atoms with Crippen molar-refractivity contribution in [3.05, 3.63) is 23.9 Å². The molecule has 1 unspecified atom stereocenters. The van der Waals surface area contributed by atoms with E-state index in [1.165, 1.54) is 0 Å². The Kier molecular flexibility index (Phi) is 5.98. The number of aromatic nitrogens is 1. The molecule has 1 amide bonds. The van der Waals surface area contributed by atoms with Crippen molar-refractivity contribution >= 4 is 23.5 Å². The van der Waals surface area contributed by atoms with Crippen LogP contribution in [0.5, 0.6) is 0 Å². The first-order valence-corrected chi connectivity index (χ1v) is 7.41. The first kappa shape index (κ1) is 14.8. The summed E-state index contributed by atoms with van der Waals surface area (Å²) in [6, 6.07) is 4.09. The molecule has 0 aliphatic carbocycles. The minimum Gasteiger partial charge on any atom is -0.367 e. The summed E-state index contributed by atoms with van der Waals surface area (Å²) in [6.07, 6.45) is 4.77. The molecule has 0 aliphatic rings. The molecule has 1 aromatic heterocycles. The predicted octanol–water partition coefficient (Wildman–Crippen LogP) is 2.34. The van der Waals surface area contributed by atoms with E-state index >= 15 is 0 Å². The van der Waals surface area contributed by atoms with E-state index < -0.39 is 0 Å². The maximum atomic E-state index is 11.7. The third kappa shape index (κ3) is 4.22. The van der Waals surface area contributed by atoms with E-state index in [1.54, 1.807) is 25.2 Å². The number of hydrogen-bond acceptors (Lipinski definition) is 4. The van der Waals surface area contributed by atoms with Crippen molar-refractivity contribution < 1.29 is 4.79 Å². The van der Waals surface area contributed by atoms with Crippen molar-refractivity contribution in [1.29, 1.82) is 0 Å². The van der Waals surface area contributed by atoms with E-state index in [4.69, 9.17) is 0 Å². The number of anilines is 1. The standard InChI is InChI=1S/C13H21N3OS/c1-5-11(9-18-4)15-12-7-6-10(8-14-12)13(17)16(2)3/h6-8,11H,5,9H2,1-4H3,(H,14,15). The minimum atomic E-state index is -0.0230. The van der Waals surface area contributed by atoms with Gasteiger partial charge in [-0.1, -0.05) is 6.92 Å². The van der Waals surface area contributed by atoms with Gasteiger partial charge in [0.2, 0.25) is 0 Å². The summed E-state index contributed by atoms with van der Waals surface area (Å²) in [5.74, 6) is 1.85. The lowest BCUT2D eigenvalue weighted by Crippen LogP contribution is -2.23. The van der Waals surface area contributed by atoms with Crippen LogP contribution in [0.2, 0.25) is 0 Å². The molecule has 4 nitrogen and oxygen atoms in total. The molecular formula is C13H21N3OS. The van der Waals surface area contributed by atoms with E-state index in [0.717, 1.165) is 18.0 Å². The monoisotopic (exact) mass is 267 g/mol. The molecule has 0 saturated carbocycles. The Hall–Kier alpha value is -1.23. The fourth-order valence-electron chi connectivity index (χ4n) is 1.54. The number of pyridine rings is 1. The van der Waals surface area contributed by atoms with Crippen LogP contribution in [0.3, 0.4) is 0 Å². The number of nitrogens with zero attached hydrogens (tertiary/aromatic N) is 2. The fourth-order valence-corrected chi connectivity index (χ4v) is 2.26. The molecule has 0 fully saturated rings. The molecule has 1 N–H and O–H groups in total. The molecule has 100 valence electrons. The fraction of sp³-hybridized carbons (Fsp3) is 0.538. The summed E-state index contributed by atoms with van der Waals surface area (Å²) in [7, 11) is 3.47. The van der Waals surface area contributed by atoms with E-state index in [-0.39, 0.29) is 5.91 Å². The lowest BCUT2D eigenvalue weighted by molar-refractivity contribution is 0.0827. The van der Waals surface area contributed by atoms with Gasteiger partial charge in [-0.15, -0.1) is 0 Å². The third-order valence-corrected chi connectivity index (χ3v) is 3.36. The van der Waals surface area contributed by atoms with Crippen molar-refractivity contribution in [2.75, 3.05) is 31.4 Å². The lowest BCUT2D eigenvalue weighted by atomic mass is 10.2. The maximum absolute atomic E-state index is 11.7. The van der Waals surface area contributed by atoms with Gasteiger partial charge in [-0.25, -0.2) is 4.98 Å². The Labute approximate surface area is 113 Å². The molecule has 1 rings (SSSR count). The second kappa shape index (κ2) is 7.26. The lowest BCUT2D eigenvalue weighted by Gasteiger charge is -2.16. The van der Waals surface area contributed by atoms with Crippen molar-refractivity contribution in [2.24, 2.45) is 0 Å². The summed E-state index contributed by atoms with van der Waals surface area (Å²) >= 11 is 1.81. The highest BCUT2D eigenvalue weighted by Crippen LogP contribution is 2.11. The Bertz CT molecular complexity index is 378.